The van der Waals surface area contributed by atoms with Crippen LogP contribution >= 0.6 is 24.0 Å². The summed E-state index contributed by atoms with van der Waals surface area (Å²) < 4.78 is 38.0. The van der Waals surface area contributed by atoms with Crippen LogP contribution in [0.25, 0.3) is 0 Å². The topological polar surface area (TPSA) is 60.0 Å². The molecule has 0 spiro atoms. The highest BCUT2D eigenvalue weighted by Gasteiger charge is 2.30. The number of guanidine groups is 1. The van der Waals surface area contributed by atoms with E-state index in [2.05, 4.69) is 27.1 Å². The van der Waals surface area contributed by atoms with Crippen LogP contribution < -0.4 is 10.6 Å². The largest absolute Gasteiger partial charge is 0.416 e. The van der Waals surface area contributed by atoms with Gasteiger partial charge in [0.05, 0.1) is 5.56 Å². The fourth-order valence-electron chi connectivity index (χ4n) is 2.95. The summed E-state index contributed by atoms with van der Waals surface area (Å²) in [6.07, 6.45) is -1.74. The zero-order valence-corrected chi connectivity index (χ0v) is 19.5. The van der Waals surface area contributed by atoms with Gasteiger partial charge in [-0.25, -0.2) is 4.99 Å². The van der Waals surface area contributed by atoms with Gasteiger partial charge in [0.15, 0.2) is 5.96 Å². The van der Waals surface area contributed by atoms with E-state index in [4.69, 9.17) is 0 Å². The molecule has 0 saturated carbocycles. The Morgan fingerprint density at radius 2 is 2.00 bits per heavy atom. The molecule has 1 fully saturated rings. The first kappa shape index (κ1) is 26.2. The van der Waals surface area contributed by atoms with Gasteiger partial charge in [0.2, 0.25) is 5.91 Å². The number of nitrogens with one attached hydrogen (secondary N) is 2. The predicted octanol–water partition coefficient (Wildman–Crippen LogP) is 2.71. The molecule has 0 radical (unpaired) electrons. The van der Waals surface area contributed by atoms with E-state index in [9.17, 15) is 18.0 Å². The highest BCUT2D eigenvalue weighted by molar-refractivity contribution is 14.0. The first-order valence-corrected chi connectivity index (χ1v) is 9.43. The molecule has 1 aromatic carbocycles. The lowest BCUT2D eigenvalue weighted by atomic mass is 10.1. The molecule has 10 heteroatoms. The van der Waals surface area contributed by atoms with E-state index in [1.807, 2.05) is 0 Å². The Bertz CT molecular complexity index is 722. The maximum absolute atomic E-state index is 12.7. The third-order valence-electron chi connectivity index (χ3n) is 4.59. The number of nitrogens with zero attached hydrogens (tertiary/aromatic N) is 3. The number of benzene rings is 1. The van der Waals surface area contributed by atoms with E-state index in [0.29, 0.717) is 19.0 Å². The molecule has 1 aliphatic heterocycles. The zero-order chi connectivity index (χ0) is 21.4. The molecule has 0 aromatic heterocycles. The van der Waals surface area contributed by atoms with Crippen molar-refractivity contribution in [1.29, 1.82) is 0 Å². The Kier molecular flexibility index (Phi) is 10.6. The van der Waals surface area contributed by atoms with E-state index in [1.54, 1.807) is 20.2 Å². The van der Waals surface area contributed by atoms with E-state index in [1.165, 1.54) is 17.0 Å². The first-order valence-electron chi connectivity index (χ1n) is 9.43. The molecule has 1 aromatic rings. The summed E-state index contributed by atoms with van der Waals surface area (Å²) in [6, 6.07) is 5.42. The van der Waals surface area contributed by atoms with Gasteiger partial charge in [-0.2, -0.15) is 13.2 Å². The summed E-state index contributed by atoms with van der Waals surface area (Å²) in [4.78, 5) is 19.7. The average Bonchev–Trinajstić information content (AvgIpc) is 3.10. The van der Waals surface area contributed by atoms with Crippen molar-refractivity contribution in [3.8, 4) is 0 Å². The van der Waals surface area contributed by atoms with Crippen LogP contribution in [0.2, 0.25) is 0 Å². The monoisotopic (exact) mass is 539 g/mol. The molecule has 1 heterocycles. The van der Waals surface area contributed by atoms with Crippen LogP contribution in [0.5, 0.6) is 0 Å². The highest BCUT2D eigenvalue weighted by atomic mass is 127. The number of alkyl halides is 3. The lowest BCUT2D eigenvalue weighted by Crippen LogP contribution is -2.45. The van der Waals surface area contributed by atoms with Crippen molar-refractivity contribution in [2.75, 3.05) is 40.3 Å². The minimum Gasteiger partial charge on any atom is -0.353 e. The van der Waals surface area contributed by atoms with Gasteiger partial charge in [-0.3, -0.25) is 9.69 Å². The fraction of sp³-hybridized carbons (Fsp3) is 0.500. The Morgan fingerprint density at radius 1 is 1.33 bits per heavy atom. The first-order chi connectivity index (χ1) is 13.7. The summed E-state index contributed by atoms with van der Waals surface area (Å²) in [5.41, 5.74) is 0.206. The predicted molar refractivity (Wildman–Crippen MR) is 123 cm³/mol. The minimum atomic E-state index is -4.32. The normalized spacial score (nSPS) is 17.2. The smallest absolute Gasteiger partial charge is 0.353 e. The number of likely N-dealkylation sites (N-methyl/N-ethyl adjacent to an activating group) is 1. The standard InChI is InChI=1S/C20H28F3N5O.HI/c1-4-10-24-19(25-12-18(29)27(2)3)26-17-9-11-28(14-17)13-15-5-7-16(8-6-15)20(21,22)23;/h4-8,17H,1,9-14H2,2-3H3,(H2,24,25,26);1H. The number of carbonyl (C=O) groups excluding carboxylic acids is 1. The van der Waals surface area contributed by atoms with Crippen molar-refractivity contribution in [2.45, 2.75) is 25.2 Å². The number of halogens is 4. The molecular weight excluding hydrogens is 510 g/mol. The maximum atomic E-state index is 12.7. The molecule has 168 valence electrons. The number of carbonyl (C=O) groups is 1. The SMILES string of the molecule is C=CCNC(=NCC(=O)N(C)C)NC1CCN(Cc2ccc(C(F)(F)F)cc2)C1.I. The van der Waals surface area contributed by atoms with Crippen LogP contribution in [0.3, 0.4) is 0 Å². The quantitative estimate of drug-likeness (QED) is 0.242. The van der Waals surface area contributed by atoms with Gasteiger partial charge < -0.3 is 15.5 Å². The van der Waals surface area contributed by atoms with Crippen LogP contribution in [-0.4, -0.2) is 68.0 Å². The molecule has 0 aliphatic carbocycles. The summed E-state index contributed by atoms with van der Waals surface area (Å²) >= 11 is 0. The fourth-order valence-corrected chi connectivity index (χ4v) is 2.95. The molecule has 0 bridgehead atoms. The second-order valence-electron chi connectivity index (χ2n) is 7.18. The van der Waals surface area contributed by atoms with Crippen molar-refractivity contribution in [3.63, 3.8) is 0 Å². The second kappa shape index (κ2) is 12.1. The molecule has 30 heavy (non-hydrogen) atoms. The number of hydrogen-bond donors (Lipinski definition) is 2. The van der Waals surface area contributed by atoms with Crippen LogP contribution in [0.15, 0.2) is 41.9 Å². The van der Waals surface area contributed by atoms with E-state index < -0.39 is 11.7 Å². The van der Waals surface area contributed by atoms with Crippen molar-refractivity contribution in [3.05, 3.63) is 48.0 Å². The van der Waals surface area contributed by atoms with Gasteiger partial charge >= 0.3 is 6.18 Å². The summed E-state index contributed by atoms with van der Waals surface area (Å²) in [6.45, 7) is 6.37. The molecule has 1 atom stereocenters. The van der Waals surface area contributed by atoms with E-state index >= 15 is 0 Å². The maximum Gasteiger partial charge on any atom is 0.416 e. The number of rotatable bonds is 7. The lowest BCUT2D eigenvalue weighted by Gasteiger charge is -2.19. The second-order valence-corrected chi connectivity index (χ2v) is 7.18. The molecule has 1 aliphatic rings. The Balaban J connectivity index is 0.00000450. The molecule has 1 unspecified atom stereocenters. The van der Waals surface area contributed by atoms with E-state index in [0.717, 1.165) is 37.2 Å². The minimum absolute atomic E-state index is 0. The summed E-state index contributed by atoms with van der Waals surface area (Å²) in [7, 11) is 3.36. The number of hydrogen-bond acceptors (Lipinski definition) is 3. The van der Waals surface area contributed by atoms with Gasteiger partial charge in [0.25, 0.3) is 0 Å². The number of likely N-dealkylation sites (tertiary alicyclic amines) is 1. The Hall–Kier alpha value is -1.82. The third kappa shape index (κ3) is 8.50. The van der Waals surface area contributed by atoms with Crippen LogP contribution in [0.1, 0.15) is 17.5 Å². The number of amides is 1. The van der Waals surface area contributed by atoms with Gasteiger partial charge in [0.1, 0.15) is 6.54 Å². The Morgan fingerprint density at radius 3 is 2.57 bits per heavy atom. The van der Waals surface area contributed by atoms with Crippen molar-refractivity contribution in [1.82, 2.24) is 20.4 Å². The summed E-state index contributed by atoms with van der Waals surface area (Å²) in [5, 5.41) is 6.42. The highest BCUT2D eigenvalue weighted by Crippen LogP contribution is 2.29. The van der Waals surface area contributed by atoms with Crippen molar-refractivity contribution >= 4 is 35.8 Å². The molecule has 1 amide bonds. The molecular formula is C20H29F3IN5O. The van der Waals surface area contributed by atoms with E-state index in [-0.39, 0.29) is 42.5 Å². The molecule has 6 nitrogen and oxygen atoms in total. The van der Waals surface area contributed by atoms with Crippen molar-refractivity contribution < 1.29 is 18.0 Å². The number of aliphatic imine (C=N–C) groups is 1. The average molecular weight is 539 g/mol. The lowest BCUT2D eigenvalue weighted by molar-refractivity contribution is -0.137. The van der Waals surface area contributed by atoms with Crippen molar-refractivity contribution in [2.24, 2.45) is 4.99 Å². The molecule has 2 rings (SSSR count). The third-order valence-corrected chi connectivity index (χ3v) is 4.59. The van der Waals surface area contributed by atoms with Gasteiger partial charge in [-0.15, -0.1) is 30.6 Å². The van der Waals surface area contributed by atoms with Gasteiger partial charge in [-0.1, -0.05) is 18.2 Å². The van der Waals surface area contributed by atoms with Gasteiger partial charge in [-0.05, 0) is 24.1 Å². The molecule has 1 saturated heterocycles. The van der Waals surface area contributed by atoms with Gasteiger partial charge in [0, 0.05) is 46.3 Å². The zero-order valence-electron chi connectivity index (χ0n) is 17.2. The molecule has 2 N–H and O–H groups in total. The van der Waals surface area contributed by atoms with Crippen LogP contribution in [0.4, 0.5) is 13.2 Å². The summed E-state index contributed by atoms with van der Waals surface area (Å²) in [5.74, 6) is 0.446. The van der Waals surface area contributed by atoms with Crippen LogP contribution in [0, 0.1) is 0 Å². The Labute approximate surface area is 192 Å². The van der Waals surface area contributed by atoms with Crippen LogP contribution in [-0.2, 0) is 17.5 Å².